The first kappa shape index (κ1) is 19.9. The highest BCUT2D eigenvalue weighted by atomic mass is 35.5. The van der Waals surface area contributed by atoms with Crippen LogP contribution in [-0.2, 0) is 17.8 Å². The summed E-state index contributed by atoms with van der Waals surface area (Å²) in [5.74, 6) is 1.06. The average Bonchev–Trinajstić information content (AvgIpc) is 2.67. The number of amides is 1. The number of nitrogens with one attached hydrogen (secondary N) is 1. The van der Waals surface area contributed by atoms with Gasteiger partial charge in [0.25, 0.3) is 5.56 Å². The highest BCUT2D eigenvalue weighted by molar-refractivity contribution is 6.31. The van der Waals surface area contributed by atoms with E-state index in [9.17, 15) is 9.59 Å². The molecule has 0 fully saturated rings. The molecule has 0 saturated carbocycles. The van der Waals surface area contributed by atoms with Crippen LogP contribution in [-0.4, -0.2) is 34.4 Å². The van der Waals surface area contributed by atoms with Crippen LogP contribution in [0.3, 0.4) is 0 Å². The van der Waals surface area contributed by atoms with Gasteiger partial charge >= 0.3 is 0 Å². The third-order valence-electron chi connectivity index (χ3n) is 4.44. The molecule has 0 spiro atoms. The number of rotatable bonds is 7. The number of carbonyl (C=O) groups excluding carboxylic acids is 1. The molecule has 2 aromatic carbocycles. The van der Waals surface area contributed by atoms with Crippen molar-refractivity contribution >= 4 is 28.4 Å². The number of hydrogen-bond acceptors (Lipinski definition) is 4. The minimum Gasteiger partial charge on any atom is -0.496 e. The largest absolute Gasteiger partial charge is 0.496 e. The number of carbonyl (C=O) groups is 1. The second-order valence-electron chi connectivity index (χ2n) is 6.48. The van der Waals surface area contributed by atoms with Gasteiger partial charge in [-0.05, 0) is 30.7 Å². The van der Waals surface area contributed by atoms with Gasteiger partial charge in [0.05, 0.1) is 31.0 Å². The Bertz CT molecular complexity index is 1050. The molecular formula is C21H22ClN3O3. The lowest BCUT2D eigenvalue weighted by molar-refractivity contribution is -0.131. The molecule has 1 N–H and O–H groups in total. The molecule has 0 atom stereocenters. The van der Waals surface area contributed by atoms with Crippen LogP contribution in [0, 0.1) is 0 Å². The van der Waals surface area contributed by atoms with Crippen LogP contribution in [0.2, 0.25) is 5.02 Å². The number of para-hydroxylation sites is 1. The van der Waals surface area contributed by atoms with Crippen molar-refractivity contribution in [1.29, 1.82) is 0 Å². The molecule has 0 aliphatic heterocycles. The number of ether oxygens (including phenoxy) is 1. The lowest BCUT2D eigenvalue weighted by Crippen LogP contribution is -2.34. The Labute approximate surface area is 168 Å². The van der Waals surface area contributed by atoms with Gasteiger partial charge in [0.2, 0.25) is 5.91 Å². The number of benzene rings is 2. The van der Waals surface area contributed by atoms with Crippen LogP contribution in [0.25, 0.3) is 10.9 Å². The number of hydrogen-bond donors (Lipinski definition) is 1. The van der Waals surface area contributed by atoms with Gasteiger partial charge in [-0.2, -0.15) is 0 Å². The van der Waals surface area contributed by atoms with Crippen molar-refractivity contribution in [2.75, 3.05) is 13.7 Å². The molecule has 0 unspecified atom stereocenters. The second-order valence-corrected chi connectivity index (χ2v) is 6.91. The average molecular weight is 400 g/mol. The molecule has 3 rings (SSSR count). The maximum Gasteiger partial charge on any atom is 0.258 e. The number of halogens is 1. The van der Waals surface area contributed by atoms with E-state index in [1.54, 1.807) is 30.2 Å². The number of aromatic nitrogens is 2. The predicted molar refractivity (Wildman–Crippen MR) is 110 cm³/mol. The number of aromatic amines is 1. The first-order valence-corrected chi connectivity index (χ1v) is 9.47. The summed E-state index contributed by atoms with van der Waals surface area (Å²) >= 11 is 6.02. The minimum absolute atomic E-state index is 0.0554. The van der Waals surface area contributed by atoms with Crippen molar-refractivity contribution in [2.45, 2.75) is 26.3 Å². The van der Waals surface area contributed by atoms with Crippen molar-refractivity contribution < 1.29 is 9.53 Å². The van der Waals surface area contributed by atoms with Gasteiger partial charge in [-0.25, -0.2) is 4.98 Å². The highest BCUT2D eigenvalue weighted by Crippen LogP contribution is 2.19. The van der Waals surface area contributed by atoms with Crippen molar-refractivity contribution in [3.63, 3.8) is 0 Å². The standard InChI is InChI=1S/C21H22ClN3O3/c1-3-10-25(20(26)11-14-6-4-5-7-18(14)28-2)13-19-23-17-12-15(22)8-9-16(17)21(27)24-19/h4-9,12H,3,10-11,13H2,1-2H3,(H,23,24,27). The van der Waals surface area contributed by atoms with E-state index in [1.165, 1.54) is 0 Å². The number of methoxy groups -OCH3 is 1. The molecule has 1 heterocycles. The Morgan fingerprint density at radius 3 is 2.79 bits per heavy atom. The van der Waals surface area contributed by atoms with Gasteiger partial charge < -0.3 is 14.6 Å². The zero-order chi connectivity index (χ0) is 20.1. The van der Waals surface area contributed by atoms with Gasteiger partial charge in [0, 0.05) is 17.1 Å². The van der Waals surface area contributed by atoms with Crippen LogP contribution in [0.5, 0.6) is 5.75 Å². The molecule has 1 amide bonds. The monoisotopic (exact) mass is 399 g/mol. The Morgan fingerprint density at radius 1 is 1.25 bits per heavy atom. The first-order valence-electron chi connectivity index (χ1n) is 9.10. The summed E-state index contributed by atoms with van der Waals surface area (Å²) in [6.45, 7) is 2.78. The fourth-order valence-corrected chi connectivity index (χ4v) is 3.27. The molecule has 7 heteroatoms. The van der Waals surface area contributed by atoms with Gasteiger partial charge in [-0.3, -0.25) is 9.59 Å². The van der Waals surface area contributed by atoms with Gasteiger partial charge in [0.15, 0.2) is 0 Å². The minimum atomic E-state index is -0.245. The van der Waals surface area contributed by atoms with Crippen LogP contribution in [0.1, 0.15) is 24.7 Å². The molecule has 1 aromatic heterocycles. The summed E-state index contributed by atoms with van der Waals surface area (Å²) in [5, 5.41) is 0.977. The molecule has 0 aliphatic rings. The number of fused-ring (bicyclic) bond motifs is 1. The molecule has 0 saturated heterocycles. The first-order chi connectivity index (χ1) is 13.5. The zero-order valence-corrected chi connectivity index (χ0v) is 16.6. The molecule has 0 bridgehead atoms. The quantitative estimate of drug-likeness (QED) is 0.659. The van der Waals surface area contributed by atoms with Crippen LogP contribution < -0.4 is 10.3 Å². The molecular weight excluding hydrogens is 378 g/mol. The lowest BCUT2D eigenvalue weighted by Gasteiger charge is -2.22. The number of H-pyrrole nitrogens is 1. The smallest absolute Gasteiger partial charge is 0.258 e. The Hall–Kier alpha value is -2.86. The topological polar surface area (TPSA) is 75.3 Å². The maximum absolute atomic E-state index is 12.9. The summed E-state index contributed by atoms with van der Waals surface area (Å²) in [6, 6.07) is 12.4. The van der Waals surface area contributed by atoms with E-state index >= 15 is 0 Å². The van der Waals surface area contributed by atoms with Crippen molar-refractivity contribution in [1.82, 2.24) is 14.9 Å². The van der Waals surface area contributed by atoms with Gasteiger partial charge in [-0.1, -0.05) is 36.7 Å². The third kappa shape index (κ3) is 4.51. The zero-order valence-electron chi connectivity index (χ0n) is 15.9. The second kappa shape index (κ2) is 8.89. The Morgan fingerprint density at radius 2 is 2.04 bits per heavy atom. The normalized spacial score (nSPS) is 10.8. The van der Waals surface area contributed by atoms with E-state index in [0.29, 0.717) is 34.0 Å². The van der Waals surface area contributed by atoms with E-state index < -0.39 is 0 Å². The van der Waals surface area contributed by atoms with E-state index in [4.69, 9.17) is 16.3 Å². The predicted octanol–water partition coefficient (Wildman–Crippen LogP) is 3.57. The Balaban J connectivity index is 1.85. The molecule has 0 radical (unpaired) electrons. The molecule has 6 nitrogen and oxygen atoms in total. The van der Waals surface area contributed by atoms with E-state index in [2.05, 4.69) is 9.97 Å². The van der Waals surface area contributed by atoms with Crippen LogP contribution >= 0.6 is 11.6 Å². The molecule has 28 heavy (non-hydrogen) atoms. The van der Waals surface area contributed by atoms with Gasteiger partial charge in [-0.15, -0.1) is 0 Å². The SMILES string of the molecule is CCCN(Cc1nc2cc(Cl)ccc2c(=O)[nH]1)C(=O)Cc1ccccc1OC. The summed E-state index contributed by atoms with van der Waals surface area (Å²) in [6.07, 6.45) is 1.01. The number of nitrogens with zero attached hydrogens (tertiary/aromatic N) is 2. The van der Waals surface area contributed by atoms with Gasteiger partial charge in [0.1, 0.15) is 11.6 Å². The van der Waals surface area contributed by atoms with E-state index in [-0.39, 0.29) is 24.4 Å². The summed E-state index contributed by atoms with van der Waals surface area (Å²) in [4.78, 5) is 34.2. The van der Waals surface area contributed by atoms with Crippen LogP contribution in [0.4, 0.5) is 0 Å². The summed E-state index contributed by atoms with van der Waals surface area (Å²) < 4.78 is 5.34. The molecule has 146 valence electrons. The maximum atomic E-state index is 12.9. The van der Waals surface area contributed by atoms with Crippen LogP contribution in [0.15, 0.2) is 47.3 Å². The summed E-state index contributed by atoms with van der Waals surface area (Å²) in [5.41, 5.74) is 1.09. The fraction of sp³-hybridized carbons (Fsp3) is 0.286. The molecule has 3 aromatic rings. The fourth-order valence-electron chi connectivity index (χ4n) is 3.10. The lowest BCUT2D eigenvalue weighted by atomic mass is 10.1. The van der Waals surface area contributed by atoms with E-state index in [0.717, 1.165) is 12.0 Å². The summed E-state index contributed by atoms with van der Waals surface area (Å²) in [7, 11) is 1.59. The van der Waals surface area contributed by atoms with E-state index in [1.807, 2.05) is 31.2 Å². The van der Waals surface area contributed by atoms with Crippen molar-refractivity contribution in [3.8, 4) is 5.75 Å². The Kier molecular flexibility index (Phi) is 6.31. The van der Waals surface area contributed by atoms with Crippen molar-refractivity contribution in [2.24, 2.45) is 0 Å². The highest BCUT2D eigenvalue weighted by Gasteiger charge is 2.17. The third-order valence-corrected chi connectivity index (χ3v) is 4.67. The molecule has 0 aliphatic carbocycles. The van der Waals surface area contributed by atoms with Crippen molar-refractivity contribution in [3.05, 3.63) is 69.2 Å².